The van der Waals surface area contributed by atoms with Crippen LogP contribution in [0.5, 0.6) is 0 Å². The second-order valence-electron chi connectivity index (χ2n) is 5.35. The Morgan fingerprint density at radius 2 is 2.21 bits per heavy atom. The lowest BCUT2D eigenvalue weighted by molar-refractivity contribution is 0.102. The van der Waals surface area contributed by atoms with Crippen LogP contribution >= 0.6 is 22.9 Å². The minimum atomic E-state index is -0.244. The molecule has 1 fully saturated rings. The van der Waals surface area contributed by atoms with Crippen molar-refractivity contribution in [3.8, 4) is 0 Å². The van der Waals surface area contributed by atoms with Crippen LogP contribution in [-0.2, 0) is 11.2 Å². The molecule has 0 bridgehead atoms. The fraction of sp³-hybridized carbons (Fsp3) is 0.375. The van der Waals surface area contributed by atoms with Crippen molar-refractivity contribution in [2.75, 3.05) is 43.1 Å². The highest BCUT2D eigenvalue weighted by atomic mass is 35.5. The summed E-state index contributed by atoms with van der Waals surface area (Å²) in [5.74, 6) is -0.244. The van der Waals surface area contributed by atoms with Gasteiger partial charge in [0.25, 0.3) is 5.91 Å². The van der Waals surface area contributed by atoms with Gasteiger partial charge in [-0.05, 0) is 18.7 Å². The fourth-order valence-corrected chi connectivity index (χ4v) is 3.65. The van der Waals surface area contributed by atoms with E-state index in [1.807, 2.05) is 18.2 Å². The van der Waals surface area contributed by atoms with Gasteiger partial charge in [-0.2, -0.15) is 0 Å². The summed E-state index contributed by atoms with van der Waals surface area (Å²) in [5.41, 5.74) is 7.43. The molecule has 3 N–H and O–H groups in total. The van der Waals surface area contributed by atoms with E-state index in [0.29, 0.717) is 42.6 Å². The Morgan fingerprint density at radius 3 is 2.96 bits per heavy atom. The molecule has 0 atom stereocenters. The first-order chi connectivity index (χ1) is 11.7. The van der Waals surface area contributed by atoms with Crippen LogP contribution in [0.4, 0.5) is 11.4 Å². The third-order valence-corrected chi connectivity index (χ3v) is 4.92. The van der Waals surface area contributed by atoms with Crippen LogP contribution in [0, 0.1) is 0 Å². The molecule has 1 saturated heterocycles. The van der Waals surface area contributed by atoms with Gasteiger partial charge in [-0.25, -0.2) is 4.98 Å². The van der Waals surface area contributed by atoms with Crippen molar-refractivity contribution in [3.63, 3.8) is 0 Å². The minimum absolute atomic E-state index is 0.244. The van der Waals surface area contributed by atoms with Gasteiger partial charge in [0.1, 0.15) is 5.69 Å². The molecular formula is C16H19ClN4O2S. The van der Waals surface area contributed by atoms with Gasteiger partial charge in [-0.15, -0.1) is 11.3 Å². The molecule has 3 rings (SSSR count). The Morgan fingerprint density at radius 1 is 1.42 bits per heavy atom. The lowest BCUT2D eigenvalue weighted by atomic mass is 10.2. The van der Waals surface area contributed by atoms with Gasteiger partial charge in [-0.3, -0.25) is 4.79 Å². The van der Waals surface area contributed by atoms with Gasteiger partial charge in [-0.1, -0.05) is 17.7 Å². The van der Waals surface area contributed by atoms with Crippen molar-refractivity contribution in [2.45, 2.75) is 6.42 Å². The number of rotatable bonds is 5. The van der Waals surface area contributed by atoms with E-state index in [9.17, 15) is 4.79 Å². The largest absolute Gasteiger partial charge is 0.378 e. The van der Waals surface area contributed by atoms with Crippen LogP contribution in [0.1, 0.15) is 15.5 Å². The number of aromatic nitrogens is 1. The van der Waals surface area contributed by atoms with Crippen LogP contribution in [0.3, 0.4) is 0 Å². The van der Waals surface area contributed by atoms with Crippen molar-refractivity contribution < 1.29 is 9.53 Å². The second kappa shape index (κ2) is 7.94. The lowest BCUT2D eigenvalue weighted by Gasteiger charge is -2.31. The van der Waals surface area contributed by atoms with E-state index in [4.69, 9.17) is 22.1 Å². The summed E-state index contributed by atoms with van der Waals surface area (Å²) in [7, 11) is 0. The number of amides is 1. The average molecular weight is 367 g/mol. The summed E-state index contributed by atoms with van der Waals surface area (Å²) in [6, 6.07) is 5.49. The number of nitrogens with two attached hydrogens (primary N) is 1. The molecule has 2 aromatic rings. The number of nitrogens with one attached hydrogen (secondary N) is 1. The zero-order valence-corrected chi connectivity index (χ0v) is 14.7. The third kappa shape index (κ3) is 3.87. The SMILES string of the molecule is NCCc1nc(C(=O)Nc2cccc(Cl)c2N2CCOCC2)cs1. The number of anilines is 2. The van der Waals surface area contributed by atoms with Crippen molar-refractivity contribution in [3.05, 3.63) is 39.3 Å². The van der Waals surface area contributed by atoms with E-state index in [2.05, 4.69) is 15.2 Å². The maximum absolute atomic E-state index is 12.5. The van der Waals surface area contributed by atoms with Gasteiger partial charge < -0.3 is 20.7 Å². The maximum atomic E-state index is 12.5. The number of halogens is 1. The smallest absolute Gasteiger partial charge is 0.275 e. The number of morpholine rings is 1. The highest BCUT2D eigenvalue weighted by Crippen LogP contribution is 2.34. The number of para-hydroxylation sites is 1. The topological polar surface area (TPSA) is 80.5 Å². The van der Waals surface area contributed by atoms with Crippen LogP contribution in [0.25, 0.3) is 0 Å². The molecule has 0 spiro atoms. The summed E-state index contributed by atoms with van der Waals surface area (Å²) in [6.45, 7) is 3.29. The van der Waals surface area contributed by atoms with Crippen LogP contribution < -0.4 is 16.0 Å². The first kappa shape index (κ1) is 17.2. The molecular weight excluding hydrogens is 348 g/mol. The van der Waals surface area contributed by atoms with Gasteiger partial charge in [0.15, 0.2) is 0 Å². The van der Waals surface area contributed by atoms with Gasteiger partial charge in [0.2, 0.25) is 0 Å². The van der Waals surface area contributed by atoms with Crippen LogP contribution in [0.2, 0.25) is 5.02 Å². The first-order valence-electron chi connectivity index (χ1n) is 7.76. The summed E-state index contributed by atoms with van der Waals surface area (Å²) >= 11 is 7.82. The molecule has 1 amide bonds. The van der Waals surface area contributed by atoms with Crippen molar-refractivity contribution in [1.82, 2.24) is 4.98 Å². The number of thiazole rings is 1. The van der Waals surface area contributed by atoms with E-state index >= 15 is 0 Å². The molecule has 24 heavy (non-hydrogen) atoms. The molecule has 1 aliphatic heterocycles. The quantitative estimate of drug-likeness (QED) is 0.849. The van der Waals surface area contributed by atoms with Gasteiger partial charge in [0, 0.05) is 24.9 Å². The molecule has 6 nitrogen and oxygen atoms in total. The predicted molar refractivity (Wildman–Crippen MR) is 97.3 cm³/mol. The van der Waals surface area contributed by atoms with E-state index in [0.717, 1.165) is 23.8 Å². The van der Waals surface area contributed by atoms with Crippen LogP contribution in [0.15, 0.2) is 23.6 Å². The highest BCUT2D eigenvalue weighted by Gasteiger charge is 2.20. The van der Waals surface area contributed by atoms with Crippen molar-refractivity contribution >= 4 is 40.2 Å². The Hall–Kier alpha value is -1.67. The summed E-state index contributed by atoms with van der Waals surface area (Å²) in [4.78, 5) is 18.9. The average Bonchev–Trinajstić information content (AvgIpc) is 3.05. The monoisotopic (exact) mass is 366 g/mol. The zero-order valence-electron chi connectivity index (χ0n) is 13.1. The molecule has 1 aromatic heterocycles. The lowest BCUT2D eigenvalue weighted by Crippen LogP contribution is -2.37. The van der Waals surface area contributed by atoms with Gasteiger partial charge in [0.05, 0.1) is 34.6 Å². The molecule has 2 heterocycles. The maximum Gasteiger partial charge on any atom is 0.275 e. The van der Waals surface area contributed by atoms with Crippen LogP contribution in [-0.4, -0.2) is 43.7 Å². The normalized spacial score (nSPS) is 14.7. The summed E-state index contributed by atoms with van der Waals surface area (Å²) in [6.07, 6.45) is 0.675. The third-order valence-electron chi connectivity index (χ3n) is 3.70. The molecule has 8 heteroatoms. The predicted octanol–water partition coefficient (Wildman–Crippen LogP) is 2.39. The number of ether oxygens (including phenoxy) is 1. The first-order valence-corrected chi connectivity index (χ1v) is 9.02. The molecule has 0 unspecified atom stereocenters. The van der Waals surface area contributed by atoms with E-state index in [-0.39, 0.29) is 5.91 Å². The van der Waals surface area contributed by atoms with Crippen molar-refractivity contribution in [1.29, 1.82) is 0 Å². The van der Waals surface area contributed by atoms with Gasteiger partial charge >= 0.3 is 0 Å². The Bertz CT molecular complexity index is 716. The standard InChI is InChI=1S/C16H19ClN4O2S/c17-11-2-1-3-12(15(11)21-6-8-23-9-7-21)20-16(22)13-10-24-14(19-13)4-5-18/h1-3,10H,4-9,18H2,(H,20,22). The second-order valence-corrected chi connectivity index (χ2v) is 6.70. The number of hydrogen-bond donors (Lipinski definition) is 2. The van der Waals surface area contributed by atoms with E-state index in [1.165, 1.54) is 11.3 Å². The summed E-state index contributed by atoms with van der Waals surface area (Å²) < 4.78 is 5.39. The highest BCUT2D eigenvalue weighted by molar-refractivity contribution is 7.09. The molecule has 0 aliphatic carbocycles. The molecule has 128 valence electrons. The summed E-state index contributed by atoms with van der Waals surface area (Å²) in [5, 5.41) is 6.15. The number of carbonyl (C=O) groups excluding carboxylic acids is 1. The Labute approximate surface area is 149 Å². The van der Waals surface area contributed by atoms with E-state index in [1.54, 1.807) is 5.38 Å². The molecule has 0 saturated carbocycles. The number of carbonyl (C=O) groups is 1. The number of hydrogen-bond acceptors (Lipinski definition) is 6. The van der Waals surface area contributed by atoms with E-state index < -0.39 is 0 Å². The molecule has 1 aromatic carbocycles. The number of benzene rings is 1. The molecule has 0 radical (unpaired) electrons. The molecule has 1 aliphatic rings. The van der Waals surface area contributed by atoms with Crippen molar-refractivity contribution in [2.24, 2.45) is 5.73 Å². The Kier molecular flexibility index (Phi) is 5.68. The minimum Gasteiger partial charge on any atom is -0.378 e. The Balaban J connectivity index is 1.81. The fourth-order valence-electron chi connectivity index (χ4n) is 2.56. The number of nitrogens with zero attached hydrogens (tertiary/aromatic N) is 2. The zero-order chi connectivity index (χ0) is 16.9.